The Hall–Kier alpha value is -0.0800. The number of fused-ring (bicyclic) bond motifs is 1. The van der Waals surface area contributed by atoms with Crippen LogP contribution in [-0.2, 0) is 4.74 Å². The molecule has 2 heteroatoms. The lowest BCUT2D eigenvalue weighted by Crippen LogP contribution is -2.26. The predicted molar refractivity (Wildman–Crippen MR) is 44.5 cm³/mol. The molecule has 0 amide bonds. The summed E-state index contributed by atoms with van der Waals surface area (Å²) in [6, 6.07) is 0.791. The van der Waals surface area contributed by atoms with Crippen LogP contribution in [0.5, 0.6) is 0 Å². The van der Waals surface area contributed by atoms with E-state index in [-0.39, 0.29) is 0 Å². The average Bonchev–Trinajstić information content (AvgIpc) is 2.46. The second-order valence-electron chi connectivity index (χ2n) is 3.78. The smallest absolute Gasteiger partial charge is 0.0498 e. The van der Waals surface area contributed by atoms with E-state index in [1.807, 2.05) is 0 Å². The SMILES string of the molecule is CCNC1CC2COCC2C1. The molecule has 1 saturated carbocycles. The molecule has 1 aliphatic carbocycles. The van der Waals surface area contributed by atoms with Gasteiger partial charge in [0, 0.05) is 19.3 Å². The zero-order valence-corrected chi connectivity index (χ0v) is 7.18. The first-order valence-electron chi connectivity index (χ1n) is 4.71. The van der Waals surface area contributed by atoms with Crippen LogP contribution in [0.3, 0.4) is 0 Å². The molecule has 0 bridgehead atoms. The molecule has 0 aromatic heterocycles. The van der Waals surface area contributed by atoms with Gasteiger partial charge in [0.1, 0.15) is 0 Å². The van der Waals surface area contributed by atoms with Crippen molar-refractivity contribution < 1.29 is 4.74 Å². The van der Waals surface area contributed by atoms with Gasteiger partial charge in [-0.2, -0.15) is 0 Å². The highest BCUT2D eigenvalue weighted by Gasteiger charge is 2.37. The molecular formula is C9H17NO. The third-order valence-electron chi connectivity index (χ3n) is 3.00. The molecule has 0 aromatic carbocycles. The standard InChI is InChI=1S/C9H17NO/c1-2-10-9-3-7-5-11-6-8(7)4-9/h7-10H,2-6H2,1H3. The quantitative estimate of drug-likeness (QED) is 0.643. The van der Waals surface area contributed by atoms with Crippen molar-refractivity contribution in [2.75, 3.05) is 19.8 Å². The predicted octanol–water partition coefficient (Wildman–Crippen LogP) is 1.02. The summed E-state index contributed by atoms with van der Waals surface area (Å²) < 4.78 is 5.41. The number of rotatable bonds is 2. The maximum Gasteiger partial charge on any atom is 0.0498 e. The van der Waals surface area contributed by atoms with Gasteiger partial charge in [-0.3, -0.25) is 0 Å². The van der Waals surface area contributed by atoms with Crippen LogP contribution in [0.15, 0.2) is 0 Å². The third kappa shape index (κ3) is 1.42. The van der Waals surface area contributed by atoms with Crippen LogP contribution in [0, 0.1) is 11.8 Å². The van der Waals surface area contributed by atoms with E-state index < -0.39 is 0 Å². The van der Waals surface area contributed by atoms with Crippen molar-refractivity contribution in [3.8, 4) is 0 Å². The van der Waals surface area contributed by atoms with Crippen LogP contribution < -0.4 is 5.32 Å². The van der Waals surface area contributed by atoms with Crippen LogP contribution in [-0.4, -0.2) is 25.8 Å². The van der Waals surface area contributed by atoms with E-state index >= 15 is 0 Å². The zero-order chi connectivity index (χ0) is 7.68. The van der Waals surface area contributed by atoms with Crippen molar-refractivity contribution in [2.45, 2.75) is 25.8 Å². The van der Waals surface area contributed by atoms with E-state index in [1.54, 1.807) is 0 Å². The Morgan fingerprint density at radius 3 is 2.45 bits per heavy atom. The Morgan fingerprint density at radius 2 is 1.91 bits per heavy atom. The van der Waals surface area contributed by atoms with Gasteiger partial charge >= 0.3 is 0 Å². The van der Waals surface area contributed by atoms with E-state index in [2.05, 4.69) is 12.2 Å². The van der Waals surface area contributed by atoms with E-state index in [0.29, 0.717) is 0 Å². The van der Waals surface area contributed by atoms with Gasteiger partial charge in [-0.15, -0.1) is 0 Å². The van der Waals surface area contributed by atoms with Crippen LogP contribution in [0.4, 0.5) is 0 Å². The first kappa shape index (κ1) is 7.56. The molecule has 1 N–H and O–H groups in total. The molecule has 0 aromatic rings. The van der Waals surface area contributed by atoms with E-state index in [4.69, 9.17) is 4.74 Å². The summed E-state index contributed by atoms with van der Waals surface area (Å²) in [5, 5.41) is 3.52. The first-order valence-corrected chi connectivity index (χ1v) is 4.71. The minimum Gasteiger partial charge on any atom is -0.381 e. The monoisotopic (exact) mass is 155 g/mol. The van der Waals surface area contributed by atoms with Crippen molar-refractivity contribution >= 4 is 0 Å². The molecular weight excluding hydrogens is 138 g/mol. The van der Waals surface area contributed by atoms with Gasteiger partial charge in [0.2, 0.25) is 0 Å². The van der Waals surface area contributed by atoms with Gasteiger partial charge < -0.3 is 10.1 Å². The number of hydrogen-bond donors (Lipinski definition) is 1. The van der Waals surface area contributed by atoms with Crippen LogP contribution >= 0.6 is 0 Å². The molecule has 0 radical (unpaired) electrons. The van der Waals surface area contributed by atoms with E-state index in [0.717, 1.165) is 37.6 Å². The average molecular weight is 155 g/mol. The second kappa shape index (κ2) is 3.11. The maximum absolute atomic E-state index is 5.41. The molecule has 2 rings (SSSR count). The zero-order valence-electron chi connectivity index (χ0n) is 7.18. The van der Waals surface area contributed by atoms with Gasteiger partial charge in [0.05, 0.1) is 0 Å². The lowest BCUT2D eigenvalue weighted by atomic mass is 10.0. The van der Waals surface area contributed by atoms with Gasteiger partial charge in [-0.05, 0) is 31.2 Å². The minimum absolute atomic E-state index is 0.791. The highest BCUT2D eigenvalue weighted by molar-refractivity contribution is 4.89. The van der Waals surface area contributed by atoms with Gasteiger partial charge in [-0.25, -0.2) is 0 Å². The molecule has 1 aliphatic heterocycles. The Labute approximate surface area is 68.3 Å². The highest BCUT2D eigenvalue weighted by atomic mass is 16.5. The van der Waals surface area contributed by atoms with Crippen LogP contribution in [0.25, 0.3) is 0 Å². The van der Waals surface area contributed by atoms with Crippen molar-refractivity contribution in [1.82, 2.24) is 5.32 Å². The largest absolute Gasteiger partial charge is 0.381 e. The third-order valence-corrected chi connectivity index (χ3v) is 3.00. The highest BCUT2D eigenvalue weighted by Crippen LogP contribution is 2.36. The molecule has 64 valence electrons. The normalized spacial score (nSPS) is 42.8. The topological polar surface area (TPSA) is 21.3 Å². The molecule has 1 heterocycles. The van der Waals surface area contributed by atoms with Gasteiger partial charge in [-0.1, -0.05) is 6.92 Å². The Bertz CT molecular complexity index is 126. The Kier molecular flexibility index (Phi) is 2.14. The van der Waals surface area contributed by atoms with Crippen molar-refractivity contribution in [1.29, 1.82) is 0 Å². The molecule has 2 fully saturated rings. The Balaban J connectivity index is 1.84. The summed E-state index contributed by atoms with van der Waals surface area (Å²) in [6.45, 7) is 5.34. The number of nitrogens with one attached hydrogen (secondary N) is 1. The fourth-order valence-corrected chi connectivity index (χ4v) is 2.45. The lowest BCUT2D eigenvalue weighted by molar-refractivity contribution is 0.169. The fourth-order valence-electron chi connectivity index (χ4n) is 2.45. The summed E-state index contributed by atoms with van der Waals surface area (Å²) >= 11 is 0. The maximum atomic E-state index is 5.41. The minimum atomic E-state index is 0.791. The Morgan fingerprint density at radius 1 is 1.27 bits per heavy atom. The number of ether oxygens (including phenoxy) is 1. The molecule has 0 spiro atoms. The van der Waals surface area contributed by atoms with Gasteiger partial charge in [0.15, 0.2) is 0 Å². The molecule has 2 aliphatic rings. The number of hydrogen-bond acceptors (Lipinski definition) is 2. The molecule has 2 unspecified atom stereocenters. The van der Waals surface area contributed by atoms with Crippen molar-refractivity contribution in [3.05, 3.63) is 0 Å². The summed E-state index contributed by atoms with van der Waals surface area (Å²) in [7, 11) is 0. The summed E-state index contributed by atoms with van der Waals surface area (Å²) in [4.78, 5) is 0. The molecule has 2 atom stereocenters. The fraction of sp³-hybridized carbons (Fsp3) is 1.00. The van der Waals surface area contributed by atoms with E-state index in [1.165, 1.54) is 12.8 Å². The summed E-state index contributed by atoms with van der Waals surface area (Å²) in [5.41, 5.74) is 0. The lowest BCUT2D eigenvalue weighted by Gasteiger charge is -2.10. The van der Waals surface area contributed by atoms with E-state index in [9.17, 15) is 0 Å². The molecule has 2 nitrogen and oxygen atoms in total. The summed E-state index contributed by atoms with van der Waals surface area (Å²) in [5.74, 6) is 1.75. The molecule has 11 heavy (non-hydrogen) atoms. The van der Waals surface area contributed by atoms with Crippen molar-refractivity contribution in [2.24, 2.45) is 11.8 Å². The van der Waals surface area contributed by atoms with Crippen molar-refractivity contribution in [3.63, 3.8) is 0 Å². The van der Waals surface area contributed by atoms with Gasteiger partial charge in [0.25, 0.3) is 0 Å². The summed E-state index contributed by atoms with van der Waals surface area (Å²) in [6.07, 6.45) is 2.69. The molecule has 1 saturated heterocycles. The van der Waals surface area contributed by atoms with Crippen LogP contribution in [0.1, 0.15) is 19.8 Å². The second-order valence-corrected chi connectivity index (χ2v) is 3.78. The first-order chi connectivity index (χ1) is 5.40. The van der Waals surface area contributed by atoms with Crippen LogP contribution in [0.2, 0.25) is 0 Å².